The van der Waals surface area contributed by atoms with Gasteiger partial charge in [-0.25, -0.2) is 0 Å². The maximum absolute atomic E-state index is 12.6. The zero-order valence-corrected chi connectivity index (χ0v) is 11.5. The number of aliphatic hydroxyl groups excluding tert-OH is 1. The molecule has 1 atom stereocenters. The van der Waals surface area contributed by atoms with Crippen molar-refractivity contribution in [2.24, 2.45) is 0 Å². The molecule has 6 heteroatoms. The topological polar surface area (TPSA) is 20.2 Å². The van der Waals surface area contributed by atoms with Crippen LogP contribution < -0.4 is 0 Å². The Kier molecular flexibility index (Phi) is 4.28. The third kappa shape index (κ3) is 3.26. The molecule has 0 aliphatic carbocycles. The minimum atomic E-state index is -4.45. The molecule has 106 valence electrons. The average Bonchev–Trinajstić information content (AvgIpc) is 2.40. The van der Waals surface area contributed by atoms with Crippen LogP contribution in [0.3, 0.4) is 0 Å². The molecule has 0 saturated heterocycles. The molecule has 0 amide bonds. The van der Waals surface area contributed by atoms with Crippen molar-refractivity contribution in [2.45, 2.75) is 12.3 Å². The lowest BCUT2D eigenvalue weighted by atomic mass is 9.99. The van der Waals surface area contributed by atoms with Gasteiger partial charge in [-0.2, -0.15) is 13.2 Å². The van der Waals surface area contributed by atoms with Crippen molar-refractivity contribution >= 4 is 23.2 Å². The Morgan fingerprint density at radius 1 is 0.900 bits per heavy atom. The molecule has 0 fully saturated rings. The minimum absolute atomic E-state index is 0.137. The highest BCUT2D eigenvalue weighted by atomic mass is 35.5. The monoisotopic (exact) mass is 320 g/mol. The highest BCUT2D eigenvalue weighted by molar-refractivity contribution is 6.42. The predicted molar refractivity (Wildman–Crippen MR) is 72.0 cm³/mol. The van der Waals surface area contributed by atoms with Gasteiger partial charge >= 0.3 is 6.18 Å². The fourth-order valence-electron chi connectivity index (χ4n) is 1.76. The molecule has 0 saturated carbocycles. The van der Waals surface area contributed by atoms with Gasteiger partial charge in [0, 0.05) is 0 Å². The van der Waals surface area contributed by atoms with Gasteiger partial charge in [0.25, 0.3) is 0 Å². The van der Waals surface area contributed by atoms with E-state index in [9.17, 15) is 18.3 Å². The lowest BCUT2D eigenvalue weighted by Gasteiger charge is -2.14. The summed E-state index contributed by atoms with van der Waals surface area (Å²) in [7, 11) is 0. The molecule has 2 aromatic carbocycles. The Bertz CT molecular complexity index is 626. The van der Waals surface area contributed by atoms with Crippen molar-refractivity contribution in [1.82, 2.24) is 0 Å². The second-order valence-electron chi connectivity index (χ2n) is 4.20. The molecule has 1 unspecified atom stereocenters. The van der Waals surface area contributed by atoms with Crippen LogP contribution in [0.4, 0.5) is 13.2 Å². The number of rotatable bonds is 2. The first-order valence-corrected chi connectivity index (χ1v) is 6.35. The van der Waals surface area contributed by atoms with Crippen molar-refractivity contribution < 1.29 is 18.3 Å². The van der Waals surface area contributed by atoms with Crippen LogP contribution in [0.5, 0.6) is 0 Å². The van der Waals surface area contributed by atoms with E-state index in [2.05, 4.69) is 0 Å². The Morgan fingerprint density at radius 2 is 1.55 bits per heavy atom. The minimum Gasteiger partial charge on any atom is -0.384 e. The summed E-state index contributed by atoms with van der Waals surface area (Å²) in [5, 5.41) is 10.7. The second-order valence-corrected chi connectivity index (χ2v) is 5.01. The molecule has 2 rings (SSSR count). The number of hydrogen-bond acceptors (Lipinski definition) is 1. The fourth-order valence-corrected chi connectivity index (χ4v) is 2.07. The van der Waals surface area contributed by atoms with Crippen LogP contribution in [0, 0.1) is 0 Å². The lowest BCUT2D eigenvalue weighted by Crippen LogP contribution is -2.07. The molecule has 2 aromatic rings. The molecule has 0 radical (unpaired) electrons. The van der Waals surface area contributed by atoms with E-state index in [1.165, 1.54) is 30.3 Å². The SMILES string of the molecule is OC(c1cccc(C(F)(F)F)c1)c1ccc(Cl)c(Cl)c1. The van der Waals surface area contributed by atoms with Gasteiger partial charge in [0.2, 0.25) is 0 Å². The lowest BCUT2D eigenvalue weighted by molar-refractivity contribution is -0.137. The highest BCUT2D eigenvalue weighted by Gasteiger charge is 2.31. The quantitative estimate of drug-likeness (QED) is 0.816. The van der Waals surface area contributed by atoms with E-state index in [1.54, 1.807) is 0 Å². The summed E-state index contributed by atoms with van der Waals surface area (Å²) in [5.41, 5.74) is -0.300. The standard InChI is InChI=1S/C14H9Cl2F3O/c15-11-5-4-9(7-12(11)16)13(20)8-2-1-3-10(6-8)14(17,18)19/h1-7,13,20H. The Labute approximate surface area is 123 Å². The van der Waals surface area contributed by atoms with Gasteiger partial charge in [0.05, 0.1) is 15.6 Å². The average molecular weight is 321 g/mol. The van der Waals surface area contributed by atoms with Gasteiger partial charge in [0.1, 0.15) is 6.10 Å². The number of alkyl halides is 3. The van der Waals surface area contributed by atoms with Crippen molar-refractivity contribution in [3.8, 4) is 0 Å². The summed E-state index contributed by atoms with van der Waals surface area (Å²) in [5.74, 6) is 0. The van der Waals surface area contributed by atoms with Gasteiger partial charge in [-0.05, 0) is 35.4 Å². The van der Waals surface area contributed by atoms with Crippen molar-refractivity contribution in [1.29, 1.82) is 0 Å². The van der Waals surface area contributed by atoms with E-state index in [-0.39, 0.29) is 10.6 Å². The Balaban J connectivity index is 2.38. The summed E-state index contributed by atoms with van der Waals surface area (Å²) in [6, 6.07) is 8.95. The largest absolute Gasteiger partial charge is 0.416 e. The van der Waals surface area contributed by atoms with E-state index < -0.39 is 17.8 Å². The molecule has 0 aliphatic rings. The second kappa shape index (κ2) is 5.64. The number of halogens is 5. The maximum atomic E-state index is 12.6. The van der Waals surface area contributed by atoms with Gasteiger partial charge in [-0.1, -0.05) is 41.4 Å². The summed E-state index contributed by atoms with van der Waals surface area (Å²) in [6.45, 7) is 0. The zero-order valence-electron chi connectivity index (χ0n) is 9.96. The van der Waals surface area contributed by atoms with E-state index >= 15 is 0 Å². The molecular formula is C14H9Cl2F3O. The Hall–Kier alpha value is -1.23. The molecule has 0 aromatic heterocycles. The third-order valence-corrected chi connectivity index (χ3v) is 3.53. The molecule has 1 nitrogen and oxygen atoms in total. The van der Waals surface area contributed by atoms with E-state index in [0.717, 1.165) is 12.1 Å². The van der Waals surface area contributed by atoms with Crippen molar-refractivity contribution in [2.75, 3.05) is 0 Å². The van der Waals surface area contributed by atoms with Gasteiger partial charge in [-0.3, -0.25) is 0 Å². The van der Waals surface area contributed by atoms with Gasteiger partial charge in [-0.15, -0.1) is 0 Å². The maximum Gasteiger partial charge on any atom is 0.416 e. The van der Waals surface area contributed by atoms with E-state index in [4.69, 9.17) is 23.2 Å². The first kappa shape index (κ1) is 15.2. The van der Waals surface area contributed by atoms with E-state index in [1.807, 2.05) is 0 Å². The molecule has 0 bridgehead atoms. The van der Waals surface area contributed by atoms with Crippen LogP contribution in [0.2, 0.25) is 10.0 Å². The van der Waals surface area contributed by atoms with Crippen molar-refractivity contribution in [3.63, 3.8) is 0 Å². The first-order chi connectivity index (χ1) is 9.29. The van der Waals surface area contributed by atoms with Gasteiger partial charge in [0.15, 0.2) is 0 Å². The van der Waals surface area contributed by atoms with E-state index in [0.29, 0.717) is 10.6 Å². The van der Waals surface area contributed by atoms with Gasteiger partial charge < -0.3 is 5.11 Å². The van der Waals surface area contributed by atoms with Crippen LogP contribution >= 0.6 is 23.2 Å². The predicted octanol–water partition coefficient (Wildman–Crippen LogP) is 5.09. The van der Waals surface area contributed by atoms with Crippen molar-refractivity contribution in [3.05, 3.63) is 69.2 Å². The van der Waals surface area contributed by atoms with Crippen LogP contribution in [0.1, 0.15) is 22.8 Å². The highest BCUT2D eigenvalue weighted by Crippen LogP contribution is 2.33. The Morgan fingerprint density at radius 3 is 2.15 bits per heavy atom. The molecule has 20 heavy (non-hydrogen) atoms. The number of benzene rings is 2. The molecule has 1 N–H and O–H groups in total. The normalized spacial score (nSPS) is 13.3. The number of hydrogen-bond donors (Lipinski definition) is 1. The fraction of sp³-hybridized carbons (Fsp3) is 0.143. The summed E-state index contributed by atoms with van der Waals surface area (Å²) >= 11 is 11.6. The first-order valence-electron chi connectivity index (χ1n) is 5.59. The molecule has 0 aliphatic heterocycles. The molecule has 0 heterocycles. The summed E-state index contributed by atoms with van der Waals surface area (Å²) in [4.78, 5) is 0. The molecular weight excluding hydrogens is 312 g/mol. The van der Waals surface area contributed by atoms with Crippen LogP contribution in [0.25, 0.3) is 0 Å². The third-order valence-electron chi connectivity index (χ3n) is 2.79. The smallest absolute Gasteiger partial charge is 0.384 e. The van der Waals surface area contributed by atoms with Crippen LogP contribution in [-0.4, -0.2) is 5.11 Å². The zero-order chi connectivity index (χ0) is 14.9. The molecule has 0 spiro atoms. The number of aliphatic hydroxyl groups is 1. The summed E-state index contributed by atoms with van der Waals surface area (Å²) in [6.07, 6.45) is -5.65. The summed E-state index contributed by atoms with van der Waals surface area (Å²) < 4.78 is 37.9. The van der Waals surface area contributed by atoms with Crippen LogP contribution in [-0.2, 0) is 6.18 Å². The van der Waals surface area contributed by atoms with Crippen LogP contribution in [0.15, 0.2) is 42.5 Å².